The van der Waals surface area contributed by atoms with E-state index < -0.39 is 0 Å². The van der Waals surface area contributed by atoms with Crippen LogP contribution in [0.4, 0.5) is 0 Å². The van der Waals surface area contributed by atoms with Gasteiger partial charge in [0.15, 0.2) is 0 Å². The molecule has 1 aromatic heterocycles. The van der Waals surface area contributed by atoms with Gasteiger partial charge in [-0.3, -0.25) is 14.2 Å². The molecule has 1 amide bonds. The normalized spacial score (nSPS) is 25.0. The molecule has 3 aromatic rings. The van der Waals surface area contributed by atoms with Gasteiger partial charge in [-0.15, -0.1) is 0 Å². The summed E-state index contributed by atoms with van der Waals surface area (Å²) in [4.78, 5) is 29.8. The smallest absolute Gasteiger partial charge is 0.261 e. The molecule has 1 fully saturated rings. The standard InChI is InChI=1S/C30H39N3O3/c1-22-14-15-30(2,19-24(18-25(34)17-22)23-9-4-3-5-10-23)20-31-28(35)13-8-16-33-21-32-27-12-7-6-11-26(27)29(33)36/h3-7,9-12,21-22,24-25,34H,8,13-20H2,1-2H3,(H,31,35)/t22-,24-,25+,30+/m1/s1. The molecule has 4 rings (SSSR count). The molecule has 0 saturated heterocycles. The number of aromatic nitrogens is 2. The Labute approximate surface area is 213 Å². The van der Waals surface area contributed by atoms with Crippen LogP contribution in [0.3, 0.4) is 0 Å². The fraction of sp³-hybridized carbons (Fsp3) is 0.500. The summed E-state index contributed by atoms with van der Waals surface area (Å²) >= 11 is 0. The Bertz CT molecular complexity index is 1210. The predicted octanol–water partition coefficient (Wildman–Crippen LogP) is 5.04. The van der Waals surface area contributed by atoms with Crippen LogP contribution in [0.5, 0.6) is 0 Å². The fourth-order valence-corrected chi connectivity index (χ4v) is 5.60. The Morgan fingerprint density at radius 3 is 2.69 bits per heavy atom. The molecule has 4 atom stereocenters. The van der Waals surface area contributed by atoms with Gasteiger partial charge in [-0.05, 0) is 67.1 Å². The van der Waals surface area contributed by atoms with Gasteiger partial charge >= 0.3 is 0 Å². The van der Waals surface area contributed by atoms with Crippen molar-refractivity contribution in [1.29, 1.82) is 0 Å². The minimum absolute atomic E-state index is 0.0160. The molecule has 36 heavy (non-hydrogen) atoms. The molecule has 1 saturated carbocycles. The summed E-state index contributed by atoms with van der Waals surface area (Å²) in [5, 5.41) is 14.5. The number of aliphatic hydroxyl groups excluding tert-OH is 1. The molecule has 2 N–H and O–H groups in total. The lowest BCUT2D eigenvalue weighted by molar-refractivity contribution is -0.121. The molecule has 0 unspecified atom stereocenters. The van der Waals surface area contributed by atoms with Gasteiger partial charge in [0.25, 0.3) is 5.56 Å². The van der Waals surface area contributed by atoms with Crippen LogP contribution in [0.15, 0.2) is 65.7 Å². The van der Waals surface area contributed by atoms with Crippen LogP contribution >= 0.6 is 0 Å². The number of fused-ring (bicyclic) bond motifs is 1. The monoisotopic (exact) mass is 489 g/mol. The first-order valence-corrected chi connectivity index (χ1v) is 13.3. The predicted molar refractivity (Wildman–Crippen MR) is 144 cm³/mol. The Hall–Kier alpha value is -2.99. The zero-order chi connectivity index (χ0) is 25.5. The van der Waals surface area contributed by atoms with Crippen LogP contribution in [0.2, 0.25) is 0 Å². The summed E-state index contributed by atoms with van der Waals surface area (Å²) in [6.45, 7) is 5.57. The molecule has 6 nitrogen and oxygen atoms in total. The maximum atomic E-state index is 12.8. The molecule has 0 aliphatic heterocycles. The number of para-hydroxylation sites is 1. The average molecular weight is 490 g/mol. The number of hydrogen-bond acceptors (Lipinski definition) is 4. The van der Waals surface area contributed by atoms with E-state index in [4.69, 9.17) is 0 Å². The van der Waals surface area contributed by atoms with Crippen LogP contribution < -0.4 is 10.9 Å². The number of carbonyl (C=O) groups is 1. The topological polar surface area (TPSA) is 84.2 Å². The SMILES string of the molecule is C[C@@H]1CC[C@](C)(CNC(=O)CCCn2cnc3ccccc3c2=O)C[C@H](c2ccccc2)C[C@@H](O)C1. The van der Waals surface area contributed by atoms with E-state index in [9.17, 15) is 14.7 Å². The van der Waals surface area contributed by atoms with E-state index in [1.807, 2.05) is 24.3 Å². The van der Waals surface area contributed by atoms with E-state index in [1.54, 1.807) is 17.0 Å². The first-order valence-electron chi connectivity index (χ1n) is 13.3. The third-order valence-corrected chi connectivity index (χ3v) is 7.73. The lowest BCUT2D eigenvalue weighted by Gasteiger charge is -2.34. The summed E-state index contributed by atoms with van der Waals surface area (Å²) in [5.74, 6) is 0.737. The second kappa shape index (κ2) is 11.8. The number of aryl methyl sites for hydroxylation is 1. The van der Waals surface area contributed by atoms with Crippen LogP contribution in [-0.4, -0.2) is 33.2 Å². The minimum atomic E-state index is -0.296. The van der Waals surface area contributed by atoms with Crippen molar-refractivity contribution in [2.24, 2.45) is 11.3 Å². The van der Waals surface area contributed by atoms with E-state index in [0.717, 1.165) is 32.1 Å². The highest BCUT2D eigenvalue weighted by Crippen LogP contribution is 2.41. The van der Waals surface area contributed by atoms with Gasteiger partial charge in [0.1, 0.15) is 0 Å². The Morgan fingerprint density at radius 1 is 1.14 bits per heavy atom. The van der Waals surface area contributed by atoms with Crippen molar-refractivity contribution in [2.45, 2.75) is 77.4 Å². The lowest BCUT2D eigenvalue weighted by Crippen LogP contribution is -2.37. The lowest BCUT2D eigenvalue weighted by atomic mass is 9.74. The second-order valence-electron chi connectivity index (χ2n) is 11.0. The number of carbonyl (C=O) groups excluding carboxylic acids is 1. The number of aliphatic hydroxyl groups is 1. The van der Waals surface area contributed by atoms with Gasteiger partial charge in [0, 0.05) is 19.5 Å². The fourth-order valence-electron chi connectivity index (χ4n) is 5.60. The highest BCUT2D eigenvalue weighted by molar-refractivity contribution is 5.77. The number of benzene rings is 2. The molecule has 0 radical (unpaired) electrons. The minimum Gasteiger partial charge on any atom is -0.393 e. The van der Waals surface area contributed by atoms with Crippen molar-refractivity contribution < 1.29 is 9.90 Å². The van der Waals surface area contributed by atoms with Crippen LogP contribution in [-0.2, 0) is 11.3 Å². The van der Waals surface area contributed by atoms with E-state index >= 15 is 0 Å². The zero-order valence-corrected chi connectivity index (χ0v) is 21.5. The summed E-state index contributed by atoms with van der Waals surface area (Å²) < 4.78 is 1.59. The van der Waals surface area contributed by atoms with E-state index in [2.05, 4.69) is 48.4 Å². The van der Waals surface area contributed by atoms with Gasteiger partial charge in [-0.25, -0.2) is 4.98 Å². The molecule has 1 aliphatic carbocycles. The molecular weight excluding hydrogens is 450 g/mol. The van der Waals surface area contributed by atoms with Crippen molar-refractivity contribution in [2.75, 3.05) is 6.54 Å². The van der Waals surface area contributed by atoms with Crippen molar-refractivity contribution >= 4 is 16.8 Å². The Balaban J connectivity index is 1.35. The maximum Gasteiger partial charge on any atom is 0.261 e. The zero-order valence-electron chi connectivity index (χ0n) is 21.5. The van der Waals surface area contributed by atoms with Gasteiger partial charge < -0.3 is 10.4 Å². The summed E-state index contributed by atoms with van der Waals surface area (Å²) in [6, 6.07) is 17.8. The molecule has 6 heteroatoms. The number of amides is 1. The van der Waals surface area contributed by atoms with Gasteiger partial charge in [-0.2, -0.15) is 0 Å². The number of hydrogen-bond donors (Lipinski definition) is 2. The third-order valence-electron chi connectivity index (χ3n) is 7.73. The molecule has 0 spiro atoms. The largest absolute Gasteiger partial charge is 0.393 e. The maximum absolute atomic E-state index is 12.8. The summed E-state index contributed by atoms with van der Waals surface area (Å²) in [6.07, 6.45) is 6.80. The van der Waals surface area contributed by atoms with Gasteiger partial charge in [0.05, 0.1) is 23.3 Å². The van der Waals surface area contributed by atoms with Crippen molar-refractivity contribution in [3.63, 3.8) is 0 Å². The first-order chi connectivity index (χ1) is 17.3. The summed E-state index contributed by atoms with van der Waals surface area (Å²) in [7, 11) is 0. The Morgan fingerprint density at radius 2 is 1.89 bits per heavy atom. The van der Waals surface area contributed by atoms with Crippen molar-refractivity contribution in [1.82, 2.24) is 14.9 Å². The van der Waals surface area contributed by atoms with Gasteiger partial charge in [0.2, 0.25) is 5.91 Å². The quantitative estimate of drug-likeness (QED) is 0.487. The van der Waals surface area contributed by atoms with Crippen molar-refractivity contribution in [3.05, 3.63) is 76.8 Å². The Kier molecular flexibility index (Phi) is 8.57. The van der Waals surface area contributed by atoms with E-state index in [1.165, 1.54) is 5.56 Å². The number of nitrogens with one attached hydrogen (secondary N) is 1. The molecular formula is C30H39N3O3. The van der Waals surface area contributed by atoms with Crippen LogP contribution in [0, 0.1) is 11.3 Å². The van der Waals surface area contributed by atoms with Crippen LogP contribution in [0.1, 0.15) is 70.3 Å². The molecule has 192 valence electrons. The summed E-state index contributed by atoms with van der Waals surface area (Å²) in [5.41, 5.74) is 1.84. The van der Waals surface area contributed by atoms with E-state index in [-0.39, 0.29) is 28.9 Å². The van der Waals surface area contributed by atoms with E-state index in [0.29, 0.717) is 42.8 Å². The number of rotatable bonds is 7. The second-order valence-corrected chi connectivity index (χ2v) is 11.0. The van der Waals surface area contributed by atoms with Crippen molar-refractivity contribution in [3.8, 4) is 0 Å². The van der Waals surface area contributed by atoms with Crippen LogP contribution in [0.25, 0.3) is 10.9 Å². The molecule has 1 heterocycles. The molecule has 1 aliphatic rings. The molecule has 0 bridgehead atoms. The number of nitrogens with zero attached hydrogens (tertiary/aromatic N) is 2. The first kappa shape index (κ1) is 26.1. The van der Waals surface area contributed by atoms with Gasteiger partial charge in [-0.1, -0.05) is 62.7 Å². The average Bonchev–Trinajstić information content (AvgIpc) is 2.93. The third kappa shape index (κ3) is 6.82. The highest BCUT2D eigenvalue weighted by atomic mass is 16.3. The molecule has 2 aromatic carbocycles. The highest BCUT2D eigenvalue weighted by Gasteiger charge is 2.33.